The second kappa shape index (κ2) is 2.02. The summed E-state index contributed by atoms with van der Waals surface area (Å²) in [6.07, 6.45) is 11.8. The van der Waals surface area contributed by atoms with Crippen molar-refractivity contribution in [1.29, 1.82) is 0 Å². The highest BCUT2D eigenvalue weighted by atomic mass is 32.2. The minimum atomic E-state index is 0.451. The fourth-order valence-electron chi connectivity index (χ4n) is 4.35. The number of hydrogen-bond acceptors (Lipinski definition) is 3. The summed E-state index contributed by atoms with van der Waals surface area (Å²) in [5.74, 6) is 0. The summed E-state index contributed by atoms with van der Waals surface area (Å²) in [5.41, 5.74) is 8.90. The van der Waals surface area contributed by atoms with Crippen molar-refractivity contribution in [2.75, 3.05) is 0 Å². The second-order valence-electron chi connectivity index (χ2n) is 7.05. The zero-order chi connectivity index (χ0) is 9.78. The molecule has 4 spiro atoms. The standard InChI is InChI=1S/C12H18N2S/c1-2-9(1)5-11(6-9)13-14-12(15-11)7-10(8-12)3-4-10/h13-14H,1-8H2. The van der Waals surface area contributed by atoms with E-state index in [1.165, 1.54) is 51.4 Å². The summed E-state index contributed by atoms with van der Waals surface area (Å²) < 4.78 is 0. The second-order valence-corrected chi connectivity index (χ2v) is 8.81. The Balaban J connectivity index is 1.34. The lowest BCUT2D eigenvalue weighted by Gasteiger charge is -2.49. The Morgan fingerprint density at radius 3 is 1.40 bits per heavy atom. The average Bonchev–Trinajstić information content (AvgIpc) is 2.92. The molecule has 15 heavy (non-hydrogen) atoms. The van der Waals surface area contributed by atoms with E-state index >= 15 is 0 Å². The smallest absolute Gasteiger partial charge is 0.0803 e. The van der Waals surface area contributed by atoms with Crippen molar-refractivity contribution in [1.82, 2.24) is 10.9 Å². The Labute approximate surface area is 94.9 Å². The molecule has 3 heteroatoms. The van der Waals surface area contributed by atoms with Crippen LogP contribution in [0.4, 0.5) is 0 Å². The highest BCUT2D eigenvalue weighted by Crippen LogP contribution is 2.75. The Hall–Kier alpha value is 0.270. The topological polar surface area (TPSA) is 24.1 Å². The van der Waals surface area contributed by atoms with E-state index in [-0.39, 0.29) is 0 Å². The summed E-state index contributed by atoms with van der Waals surface area (Å²) in [4.78, 5) is 0.903. The van der Waals surface area contributed by atoms with Crippen molar-refractivity contribution in [3.63, 3.8) is 0 Å². The zero-order valence-electron chi connectivity index (χ0n) is 9.07. The molecule has 5 aliphatic rings. The number of hydrazine groups is 1. The van der Waals surface area contributed by atoms with Crippen molar-refractivity contribution in [2.45, 2.75) is 61.1 Å². The third kappa shape index (κ3) is 0.961. The SMILES string of the molecule is C1CC12CC1(C2)NNC2(CC3(CC3)C2)S1. The molecular weight excluding hydrogens is 204 g/mol. The summed E-state index contributed by atoms with van der Waals surface area (Å²) >= 11 is 2.25. The molecule has 0 bridgehead atoms. The van der Waals surface area contributed by atoms with Gasteiger partial charge in [-0.15, -0.1) is 11.8 Å². The molecule has 82 valence electrons. The van der Waals surface area contributed by atoms with Crippen LogP contribution in [0.3, 0.4) is 0 Å². The van der Waals surface area contributed by atoms with Crippen LogP contribution < -0.4 is 10.9 Å². The lowest BCUT2D eigenvalue weighted by molar-refractivity contribution is 0.127. The minimum Gasteiger partial charge on any atom is -0.240 e. The number of thioether (sulfide) groups is 1. The van der Waals surface area contributed by atoms with Crippen LogP contribution in [0.5, 0.6) is 0 Å². The summed E-state index contributed by atoms with van der Waals surface area (Å²) in [7, 11) is 0. The molecule has 1 heterocycles. The molecular formula is C12H18N2S. The van der Waals surface area contributed by atoms with Gasteiger partial charge in [-0.3, -0.25) is 0 Å². The van der Waals surface area contributed by atoms with E-state index in [0.29, 0.717) is 9.74 Å². The van der Waals surface area contributed by atoms with Gasteiger partial charge in [-0.05, 0) is 62.2 Å². The molecule has 0 aromatic rings. The van der Waals surface area contributed by atoms with Gasteiger partial charge in [0.1, 0.15) is 0 Å². The molecule has 1 saturated heterocycles. The largest absolute Gasteiger partial charge is 0.240 e. The molecule has 0 unspecified atom stereocenters. The van der Waals surface area contributed by atoms with Gasteiger partial charge in [-0.25, -0.2) is 10.9 Å². The monoisotopic (exact) mass is 222 g/mol. The van der Waals surface area contributed by atoms with Crippen molar-refractivity contribution in [3.05, 3.63) is 0 Å². The molecule has 0 radical (unpaired) electrons. The first kappa shape index (κ1) is 8.37. The fourth-order valence-corrected chi connectivity index (χ4v) is 6.82. The summed E-state index contributed by atoms with van der Waals surface area (Å²) in [5, 5.41) is 0. The van der Waals surface area contributed by atoms with Crippen LogP contribution in [-0.2, 0) is 0 Å². The van der Waals surface area contributed by atoms with Crippen molar-refractivity contribution >= 4 is 11.8 Å². The third-order valence-corrected chi connectivity index (χ3v) is 7.03. The fraction of sp³-hybridized carbons (Fsp3) is 1.00. The molecule has 4 saturated carbocycles. The molecule has 0 atom stereocenters. The van der Waals surface area contributed by atoms with E-state index in [9.17, 15) is 0 Å². The molecule has 5 rings (SSSR count). The maximum Gasteiger partial charge on any atom is 0.0803 e. The number of rotatable bonds is 0. The van der Waals surface area contributed by atoms with Crippen LogP contribution in [0.1, 0.15) is 51.4 Å². The van der Waals surface area contributed by atoms with Crippen LogP contribution in [0.2, 0.25) is 0 Å². The Morgan fingerprint density at radius 2 is 1.07 bits per heavy atom. The first-order valence-electron chi connectivity index (χ1n) is 6.40. The van der Waals surface area contributed by atoms with Gasteiger partial charge in [-0.2, -0.15) is 0 Å². The lowest BCUT2D eigenvalue weighted by Crippen LogP contribution is -2.56. The minimum absolute atomic E-state index is 0.451. The molecule has 1 aliphatic heterocycles. The van der Waals surface area contributed by atoms with Crippen molar-refractivity contribution in [2.24, 2.45) is 10.8 Å². The van der Waals surface area contributed by atoms with Gasteiger partial charge in [0.2, 0.25) is 0 Å². The van der Waals surface area contributed by atoms with E-state index in [2.05, 4.69) is 22.6 Å². The third-order valence-electron chi connectivity index (χ3n) is 5.47. The predicted octanol–water partition coefficient (Wildman–Crippen LogP) is 2.37. The lowest BCUT2D eigenvalue weighted by atomic mass is 9.76. The Kier molecular flexibility index (Phi) is 1.13. The normalized spacial score (nSPS) is 43.2. The molecule has 0 aromatic carbocycles. The van der Waals surface area contributed by atoms with Gasteiger partial charge in [0.15, 0.2) is 0 Å². The van der Waals surface area contributed by atoms with Gasteiger partial charge in [0, 0.05) is 0 Å². The van der Waals surface area contributed by atoms with E-state index in [4.69, 9.17) is 0 Å². The number of hydrogen-bond donors (Lipinski definition) is 2. The van der Waals surface area contributed by atoms with Crippen LogP contribution in [0.25, 0.3) is 0 Å². The zero-order valence-corrected chi connectivity index (χ0v) is 9.88. The van der Waals surface area contributed by atoms with Gasteiger partial charge in [0.25, 0.3) is 0 Å². The molecule has 2 nitrogen and oxygen atoms in total. The van der Waals surface area contributed by atoms with E-state index in [1.807, 2.05) is 0 Å². The van der Waals surface area contributed by atoms with Crippen LogP contribution in [0, 0.1) is 10.8 Å². The van der Waals surface area contributed by atoms with Gasteiger partial charge < -0.3 is 0 Å². The maximum atomic E-state index is 3.64. The highest BCUT2D eigenvalue weighted by Gasteiger charge is 2.71. The molecule has 0 aromatic heterocycles. The Bertz CT molecular complexity index is 307. The van der Waals surface area contributed by atoms with Crippen LogP contribution >= 0.6 is 11.8 Å². The van der Waals surface area contributed by atoms with E-state index in [1.54, 1.807) is 0 Å². The first-order chi connectivity index (χ1) is 7.16. The molecule has 5 fully saturated rings. The molecule has 2 N–H and O–H groups in total. The van der Waals surface area contributed by atoms with Crippen molar-refractivity contribution < 1.29 is 0 Å². The van der Waals surface area contributed by atoms with Crippen molar-refractivity contribution in [3.8, 4) is 0 Å². The predicted molar refractivity (Wildman–Crippen MR) is 61.1 cm³/mol. The van der Waals surface area contributed by atoms with Crippen LogP contribution in [0.15, 0.2) is 0 Å². The highest BCUT2D eigenvalue weighted by molar-refractivity contribution is 8.02. The average molecular weight is 222 g/mol. The van der Waals surface area contributed by atoms with Crippen LogP contribution in [-0.4, -0.2) is 9.74 Å². The molecule has 4 aliphatic carbocycles. The van der Waals surface area contributed by atoms with Gasteiger partial charge >= 0.3 is 0 Å². The molecule has 0 amide bonds. The number of nitrogens with one attached hydrogen (secondary N) is 2. The summed E-state index contributed by atoms with van der Waals surface area (Å²) in [6.45, 7) is 0. The van der Waals surface area contributed by atoms with Gasteiger partial charge in [0.05, 0.1) is 9.74 Å². The Morgan fingerprint density at radius 1 is 0.667 bits per heavy atom. The van der Waals surface area contributed by atoms with E-state index in [0.717, 1.165) is 10.8 Å². The van der Waals surface area contributed by atoms with Gasteiger partial charge in [-0.1, -0.05) is 0 Å². The quantitative estimate of drug-likeness (QED) is 0.658. The maximum absolute atomic E-state index is 3.64. The van der Waals surface area contributed by atoms with E-state index < -0.39 is 0 Å². The first-order valence-corrected chi connectivity index (χ1v) is 7.22. The summed E-state index contributed by atoms with van der Waals surface area (Å²) in [6, 6.07) is 0.